The normalized spacial score (nSPS) is 11.2. The summed E-state index contributed by atoms with van der Waals surface area (Å²) in [7, 11) is 0. The molecular weight excluding hydrogens is 386 g/mol. The Bertz CT molecular complexity index is 1220. The van der Waals surface area contributed by atoms with Crippen LogP contribution in [-0.4, -0.2) is 4.57 Å². The van der Waals surface area contributed by atoms with Crippen molar-refractivity contribution in [2.24, 2.45) is 0 Å². The van der Waals surface area contributed by atoms with Gasteiger partial charge in [-0.3, -0.25) is 9.36 Å². The molecule has 4 nitrogen and oxygen atoms in total. The van der Waals surface area contributed by atoms with Gasteiger partial charge in [-0.05, 0) is 31.2 Å². The molecule has 0 saturated heterocycles. The highest BCUT2D eigenvalue weighted by molar-refractivity contribution is 7.16. The minimum atomic E-state index is -0.191. The fourth-order valence-corrected chi connectivity index (χ4v) is 4.94. The number of thiazole rings is 1. The summed E-state index contributed by atoms with van der Waals surface area (Å²) in [6.07, 6.45) is 1.79. The van der Waals surface area contributed by atoms with Gasteiger partial charge in [-0.15, -0.1) is 22.7 Å². The zero-order chi connectivity index (χ0) is 18.7. The minimum absolute atomic E-state index is 0.0449. The fourth-order valence-electron chi connectivity index (χ4n) is 2.48. The van der Waals surface area contributed by atoms with Crippen molar-refractivity contribution < 1.29 is 0 Å². The van der Waals surface area contributed by atoms with Crippen LogP contribution in [0.4, 0.5) is 0 Å². The minimum Gasteiger partial charge on any atom is -0.298 e. The summed E-state index contributed by atoms with van der Waals surface area (Å²) in [4.78, 5) is 14.5. The Morgan fingerprint density at radius 1 is 1.19 bits per heavy atom. The van der Waals surface area contributed by atoms with E-state index in [1.54, 1.807) is 6.08 Å². The number of nitrogens with zero attached hydrogens (tertiary/aromatic N) is 3. The molecule has 0 radical (unpaired) electrons. The van der Waals surface area contributed by atoms with Gasteiger partial charge < -0.3 is 0 Å². The third kappa shape index (κ3) is 3.36. The molecule has 7 heteroatoms. The van der Waals surface area contributed by atoms with Gasteiger partial charge >= 0.3 is 0 Å². The van der Waals surface area contributed by atoms with Gasteiger partial charge in [0.1, 0.15) is 16.8 Å². The Morgan fingerprint density at radius 3 is 2.58 bits per heavy atom. The lowest BCUT2D eigenvalue weighted by atomic mass is 10.2. The Hall–Kier alpha value is -2.64. The van der Waals surface area contributed by atoms with Crippen molar-refractivity contribution in [3.63, 3.8) is 0 Å². The summed E-state index contributed by atoms with van der Waals surface area (Å²) < 4.78 is 2.36. The van der Waals surface area contributed by atoms with Crippen LogP contribution in [0, 0.1) is 22.7 Å². The predicted octanol–water partition coefficient (Wildman–Crippen LogP) is 3.34. The Labute approximate surface area is 162 Å². The molecule has 0 aliphatic rings. The number of nitriles is 2. The van der Waals surface area contributed by atoms with Gasteiger partial charge in [0, 0.05) is 26.9 Å². The molecular formula is C19H12ClN3OS2. The van der Waals surface area contributed by atoms with Crippen molar-refractivity contribution in [3.8, 4) is 22.6 Å². The smallest absolute Gasteiger partial charge is 0.269 e. The lowest BCUT2D eigenvalue weighted by Crippen LogP contribution is -2.31. The molecule has 0 aliphatic heterocycles. The Morgan fingerprint density at radius 2 is 1.92 bits per heavy atom. The van der Waals surface area contributed by atoms with Gasteiger partial charge in [0.25, 0.3) is 5.56 Å². The van der Waals surface area contributed by atoms with Crippen molar-refractivity contribution in [2.45, 2.75) is 13.5 Å². The largest absolute Gasteiger partial charge is 0.298 e. The summed E-state index contributed by atoms with van der Waals surface area (Å²) in [6, 6.07) is 15.2. The quantitative estimate of drug-likeness (QED) is 0.680. The maximum absolute atomic E-state index is 12.6. The second-order valence-electron chi connectivity index (χ2n) is 5.25. The topological polar surface area (TPSA) is 69.6 Å². The number of halogens is 1. The van der Waals surface area contributed by atoms with E-state index >= 15 is 0 Å². The van der Waals surface area contributed by atoms with Crippen LogP contribution in [0.25, 0.3) is 22.1 Å². The van der Waals surface area contributed by atoms with E-state index in [-0.39, 0.29) is 11.1 Å². The first kappa shape index (κ1) is 18.2. The molecule has 2 aromatic heterocycles. The van der Waals surface area contributed by atoms with Gasteiger partial charge in [0.2, 0.25) is 0 Å². The molecule has 0 N–H and O–H groups in total. The molecule has 26 heavy (non-hydrogen) atoms. The van der Waals surface area contributed by atoms with E-state index in [4.69, 9.17) is 22.1 Å². The number of hydrogen-bond donors (Lipinski definition) is 0. The Balaban J connectivity index is 2.16. The molecule has 3 rings (SSSR count). The van der Waals surface area contributed by atoms with E-state index in [1.807, 2.05) is 55.5 Å². The average Bonchev–Trinajstić information content (AvgIpc) is 3.22. The first-order chi connectivity index (χ1) is 12.6. The van der Waals surface area contributed by atoms with Crippen LogP contribution < -0.4 is 14.8 Å². The highest BCUT2D eigenvalue weighted by atomic mass is 35.5. The maximum atomic E-state index is 12.6. The summed E-state index contributed by atoms with van der Waals surface area (Å²) in [6.45, 7) is 2.22. The van der Waals surface area contributed by atoms with Crippen LogP contribution in [0.5, 0.6) is 0 Å². The molecule has 0 aliphatic carbocycles. The molecule has 0 saturated carbocycles. The second-order valence-corrected chi connectivity index (χ2v) is 7.80. The first-order valence-corrected chi connectivity index (χ1v) is 9.70. The van der Waals surface area contributed by atoms with Crippen LogP contribution in [0.15, 0.2) is 41.2 Å². The molecule has 0 amide bonds. The highest BCUT2D eigenvalue weighted by Crippen LogP contribution is 2.33. The van der Waals surface area contributed by atoms with Gasteiger partial charge in [-0.2, -0.15) is 10.5 Å². The van der Waals surface area contributed by atoms with Gasteiger partial charge in [-0.25, -0.2) is 0 Å². The molecule has 0 spiro atoms. The third-order valence-electron chi connectivity index (χ3n) is 3.70. The fraction of sp³-hybridized carbons (Fsp3) is 0.105. The zero-order valence-electron chi connectivity index (χ0n) is 13.7. The SMILES string of the molecule is CCn1c(=C(C#N)C#N)sc(=Cc2ccc(-c3ccccc3Cl)s2)c1=O. The lowest BCUT2D eigenvalue weighted by molar-refractivity contribution is 0.722. The van der Waals surface area contributed by atoms with E-state index in [1.165, 1.54) is 15.9 Å². The van der Waals surface area contributed by atoms with Crippen LogP contribution in [-0.2, 0) is 6.54 Å². The van der Waals surface area contributed by atoms with E-state index in [9.17, 15) is 4.79 Å². The highest BCUT2D eigenvalue weighted by Gasteiger charge is 2.09. The lowest BCUT2D eigenvalue weighted by Gasteiger charge is -1.99. The summed E-state index contributed by atoms with van der Waals surface area (Å²) in [5.41, 5.74) is 0.709. The zero-order valence-corrected chi connectivity index (χ0v) is 16.1. The second kappa shape index (κ2) is 7.72. The molecule has 0 atom stereocenters. The monoisotopic (exact) mass is 397 g/mol. The van der Waals surface area contributed by atoms with Crippen LogP contribution in [0.1, 0.15) is 11.8 Å². The van der Waals surface area contributed by atoms with Crippen LogP contribution >= 0.6 is 34.3 Å². The summed E-state index contributed by atoms with van der Waals surface area (Å²) in [5.74, 6) is 0. The molecule has 0 unspecified atom stereocenters. The number of thiophene rings is 1. The van der Waals surface area contributed by atoms with Crippen molar-refractivity contribution in [3.05, 3.63) is 65.8 Å². The average molecular weight is 398 g/mol. The van der Waals surface area contributed by atoms with E-state index in [0.29, 0.717) is 20.8 Å². The Kier molecular flexibility index (Phi) is 5.39. The van der Waals surface area contributed by atoms with Crippen molar-refractivity contribution in [2.75, 3.05) is 0 Å². The van der Waals surface area contributed by atoms with Gasteiger partial charge in [0.15, 0.2) is 5.57 Å². The van der Waals surface area contributed by atoms with Gasteiger partial charge in [0.05, 0.1) is 4.53 Å². The molecule has 2 heterocycles. The van der Waals surface area contributed by atoms with E-state index < -0.39 is 0 Å². The standard InChI is InChI=1S/C19H12ClN3OS2/c1-2-23-18(24)17(26-19(23)12(10-21)11-22)9-13-7-8-16(25-13)14-5-3-4-6-15(14)20/h3-9H,2H2,1H3. The number of benzene rings is 1. The number of aromatic nitrogens is 1. The summed E-state index contributed by atoms with van der Waals surface area (Å²) in [5, 5.41) is 18.9. The molecule has 128 valence electrons. The predicted molar refractivity (Wildman–Crippen MR) is 106 cm³/mol. The molecule has 0 fully saturated rings. The third-order valence-corrected chi connectivity index (χ3v) is 6.23. The van der Waals surface area contributed by atoms with E-state index in [0.717, 1.165) is 26.7 Å². The van der Waals surface area contributed by atoms with Crippen molar-refractivity contribution in [1.29, 1.82) is 10.5 Å². The van der Waals surface area contributed by atoms with Crippen molar-refractivity contribution in [1.82, 2.24) is 4.57 Å². The summed E-state index contributed by atoms with van der Waals surface area (Å²) >= 11 is 8.94. The number of hydrogen-bond acceptors (Lipinski definition) is 5. The van der Waals surface area contributed by atoms with Crippen molar-refractivity contribution >= 4 is 45.9 Å². The van der Waals surface area contributed by atoms with Gasteiger partial charge in [-0.1, -0.05) is 29.8 Å². The molecule has 0 bridgehead atoms. The maximum Gasteiger partial charge on any atom is 0.269 e. The van der Waals surface area contributed by atoms with Crippen LogP contribution in [0.2, 0.25) is 5.02 Å². The van der Waals surface area contributed by atoms with Crippen LogP contribution in [0.3, 0.4) is 0 Å². The molecule has 3 aromatic rings. The number of rotatable bonds is 3. The molecule has 1 aromatic carbocycles. The first-order valence-electron chi connectivity index (χ1n) is 7.69. The van der Waals surface area contributed by atoms with E-state index in [2.05, 4.69) is 0 Å².